The number of rotatable bonds is 1. The molecule has 0 aliphatic heterocycles. The summed E-state index contributed by atoms with van der Waals surface area (Å²) in [6, 6.07) is 0. The van der Waals surface area contributed by atoms with Crippen LogP contribution in [0.15, 0.2) is 21.8 Å². The molecule has 1 aliphatic rings. The highest BCUT2D eigenvalue weighted by molar-refractivity contribution is 14.1. The molecule has 0 radical (unpaired) electrons. The lowest BCUT2D eigenvalue weighted by Gasteiger charge is -2.06. The SMILES string of the molecule is I/C=C\C1=CCCCC1. The van der Waals surface area contributed by atoms with E-state index in [2.05, 4.69) is 38.8 Å². The molecule has 0 N–H and O–H groups in total. The second-order valence-electron chi connectivity index (χ2n) is 2.32. The fourth-order valence-corrected chi connectivity index (χ4v) is 1.56. The van der Waals surface area contributed by atoms with E-state index in [0.717, 1.165) is 0 Å². The topological polar surface area (TPSA) is 0 Å². The van der Waals surface area contributed by atoms with Gasteiger partial charge in [-0.25, -0.2) is 0 Å². The maximum atomic E-state index is 2.35. The van der Waals surface area contributed by atoms with Gasteiger partial charge in [-0.3, -0.25) is 0 Å². The number of allylic oxidation sites excluding steroid dienone is 3. The quantitative estimate of drug-likeness (QED) is 0.609. The predicted molar refractivity (Wildman–Crippen MR) is 49.7 cm³/mol. The van der Waals surface area contributed by atoms with Gasteiger partial charge in [-0.15, -0.1) is 0 Å². The van der Waals surface area contributed by atoms with Crippen LogP contribution in [-0.4, -0.2) is 0 Å². The van der Waals surface area contributed by atoms with Gasteiger partial charge in [0, 0.05) is 0 Å². The normalized spacial score (nSPS) is 20.3. The summed E-state index contributed by atoms with van der Waals surface area (Å²) in [5, 5.41) is 0. The molecule has 0 saturated heterocycles. The Bertz CT molecular complexity index is 134. The number of halogens is 1. The van der Waals surface area contributed by atoms with Crippen molar-refractivity contribution in [2.24, 2.45) is 0 Å². The fraction of sp³-hybridized carbons (Fsp3) is 0.500. The van der Waals surface area contributed by atoms with Gasteiger partial charge in [-0.05, 0) is 29.8 Å². The lowest BCUT2D eigenvalue weighted by molar-refractivity contribution is 0.712. The summed E-state index contributed by atoms with van der Waals surface area (Å²) >= 11 is 2.27. The zero-order chi connectivity index (χ0) is 6.53. The van der Waals surface area contributed by atoms with Gasteiger partial charge in [0.15, 0.2) is 0 Å². The molecular weight excluding hydrogens is 223 g/mol. The Kier molecular flexibility index (Phi) is 3.33. The van der Waals surface area contributed by atoms with E-state index in [1.807, 2.05) is 0 Å². The highest BCUT2D eigenvalue weighted by Crippen LogP contribution is 2.18. The van der Waals surface area contributed by atoms with E-state index in [9.17, 15) is 0 Å². The van der Waals surface area contributed by atoms with E-state index in [-0.39, 0.29) is 0 Å². The van der Waals surface area contributed by atoms with Crippen molar-refractivity contribution in [3.05, 3.63) is 21.8 Å². The minimum absolute atomic E-state index is 1.29. The van der Waals surface area contributed by atoms with Crippen LogP contribution in [0.2, 0.25) is 0 Å². The average molecular weight is 234 g/mol. The third-order valence-electron chi connectivity index (χ3n) is 1.60. The Morgan fingerprint density at radius 1 is 1.44 bits per heavy atom. The minimum Gasteiger partial charge on any atom is -0.0813 e. The molecule has 1 aliphatic carbocycles. The molecule has 9 heavy (non-hydrogen) atoms. The van der Waals surface area contributed by atoms with Gasteiger partial charge >= 0.3 is 0 Å². The fourth-order valence-electron chi connectivity index (χ4n) is 1.10. The first-order chi connectivity index (χ1) is 4.43. The van der Waals surface area contributed by atoms with Crippen molar-refractivity contribution in [3.63, 3.8) is 0 Å². The largest absolute Gasteiger partial charge is 0.0813 e. The van der Waals surface area contributed by atoms with Gasteiger partial charge in [-0.2, -0.15) is 0 Å². The van der Waals surface area contributed by atoms with Gasteiger partial charge in [0.05, 0.1) is 0 Å². The highest BCUT2D eigenvalue weighted by atomic mass is 127. The summed E-state index contributed by atoms with van der Waals surface area (Å²) in [7, 11) is 0. The molecule has 1 rings (SSSR count). The Hall–Kier alpha value is 0.210. The van der Waals surface area contributed by atoms with Crippen LogP contribution in [0, 0.1) is 0 Å². The van der Waals surface area contributed by atoms with Gasteiger partial charge < -0.3 is 0 Å². The van der Waals surface area contributed by atoms with Crippen LogP contribution >= 0.6 is 22.6 Å². The molecular formula is C8H11I. The lowest BCUT2D eigenvalue weighted by Crippen LogP contribution is -1.87. The van der Waals surface area contributed by atoms with Crippen LogP contribution in [0.4, 0.5) is 0 Å². The van der Waals surface area contributed by atoms with Crippen molar-refractivity contribution in [2.75, 3.05) is 0 Å². The molecule has 0 aromatic carbocycles. The first-order valence-corrected chi connectivity index (χ1v) is 4.64. The number of hydrogen-bond acceptors (Lipinski definition) is 0. The van der Waals surface area contributed by atoms with Gasteiger partial charge in [0.1, 0.15) is 0 Å². The molecule has 0 fully saturated rings. The Morgan fingerprint density at radius 3 is 2.89 bits per heavy atom. The molecule has 0 amide bonds. The second-order valence-corrected chi connectivity index (χ2v) is 3.04. The third kappa shape index (κ3) is 2.52. The molecule has 0 nitrogen and oxygen atoms in total. The summed E-state index contributed by atoms with van der Waals surface area (Å²) in [4.78, 5) is 0. The maximum Gasteiger partial charge on any atom is -0.0231 e. The van der Waals surface area contributed by atoms with E-state index >= 15 is 0 Å². The van der Waals surface area contributed by atoms with Crippen LogP contribution in [0.5, 0.6) is 0 Å². The Balaban J connectivity index is 2.46. The summed E-state index contributed by atoms with van der Waals surface area (Å²) < 4.78 is 2.09. The van der Waals surface area contributed by atoms with Crippen molar-refractivity contribution in [1.29, 1.82) is 0 Å². The van der Waals surface area contributed by atoms with E-state index in [1.165, 1.54) is 31.3 Å². The zero-order valence-corrected chi connectivity index (χ0v) is 7.60. The molecule has 0 atom stereocenters. The van der Waals surface area contributed by atoms with E-state index in [4.69, 9.17) is 0 Å². The summed E-state index contributed by atoms with van der Waals surface area (Å²) in [6.07, 6.45) is 9.90. The maximum absolute atomic E-state index is 2.35. The van der Waals surface area contributed by atoms with Crippen molar-refractivity contribution in [1.82, 2.24) is 0 Å². The standard InChI is InChI=1S/C8H11I/c9-7-6-8-4-2-1-3-5-8/h4,6-7H,1-3,5H2/b7-6-. The Labute approximate surface area is 70.2 Å². The molecule has 0 heterocycles. The zero-order valence-electron chi connectivity index (χ0n) is 5.44. The smallest absolute Gasteiger partial charge is 0.0231 e. The van der Waals surface area contributed by atoms with Crippen molar-refractivity contribution in [3.8, 4) is 0 Å². The summed E-state index contributed by atoms with van der Waals surface area (Å²) in [5.41, 5.74) is 1.52. The molecule has 0 bridgehead atoms. The van der Waals surface area contributed by atoms with Gasteiger partial charge in [0.25, 0.3) is 0 Å². The van der Waals surface area contributed by atoms with Crippen LogP contribution in [-0.2, 0) is 0 Å². The van der Waals surface area contributed by atoms with Crippen molar-refractivity contribution in [2.45, 2.75) is 25.7 Å². The van der Waals surface area contributed by atoms with Crippen molar-refractivity contribution >= 4 is 22.6 Å². The van der Waals surface area contributed by atoms with E-state index < -0.39 is 0 Å². The van der Waals surface area contributed by atoms with Crippen LogP contribution in [0.1, 0.15) is 25.7 Å². The van der Waals surface area contributed by atoms with E-state index in [1.54, 1.807) is 0 Å². The Morgan fingerprint density at radius 2 is 2.33 bits per heavy atom. The van der Waals surface area contributed by atoms with Crippen molar-refractivity contribution < 1.29 is 0 Å². The molecule has 1 heteroatoms. The monoisotopic (exact) mass is 234 g/mol. The summed E-state index contributed by atoms with van der Waals surface area (Å²) in [5.74, 6) is 0. The molecule has 0 unspecified atom stereocenters. The van der Waals surface area contributed by atoms with Crippen LogP contribution < -0.4 is 0 Å². The molecule has 0 saturated carbocycles. The average Bonchev–Trinajstić information content (AvgIpc) is 1.91. The predicted octanol–water partition coefficient (Wildman–Crippen LogP) is 3.44. The molecule has 50 valence electrons. The molecule has 0 aromatic rings. The summed E-state index contributed by atoms with van der Waals surface area (Å²) in [6.45, 7) is 0. The lowest BCUT2D eigenvalue weighted by atomic mass is 10.0. The van der Waals surface area contributed by atoms with Gasteiger partial charge in [-0.1, -0.05) is 40.3 Å². The van der Waals surface area contributed by atoms with Crippen LogP contribution in [0.25, 0.3) is 0 Å². The first-order valence-electron chi connectivity index (χ1n) is 3.39. The van der Waals surface area contributed by atoms with E-state index in [0.29, 0.717) is 0 Å². The second kappa shape index (κ2) is 4.09. The first kappa shape index (κ1) is 7.32. The van der Waals surface area contributed by atoms with Gasteiger partial charge in [0.2, 0.25) is 0 Å². The third-order valence-corrected chi connectivity index (χ3v) is 1.96. The number of hydrogen-bond donors (Lipinski definition) is 0. The van der Waals surface area contributed by atoms with Crippen LogP contribution in [0.3, 0.4) is 0 Å². The molecule has 0 aromatic heterocycles. The molecule has 0 spiro atoms. The minimum atomic E-state index is 1.29. The highest BCUT2D eigenvalue weighted by Gasteiger charge is 1.97.